The molecule has 5 heterocycles. The molecule has 5 aromatic rings. The van der Waals surface area contributed by atoms with Crippen molar-refractivity contribution in [2.24, 2.45) is 0 Å². The Balaban J connectivity index is 1.67. The van der Waals surface area contributed by atoms with Crippen molar-refractivity contribution in [2.45, 2.75) is 0 Å². The molecule has 0 saturated heterocycles. The number of hydrogen-bond donors (Lipinski definition) is 0. The van der Waals surface area contributed by atoms with Crippen LogP contribution in [0.3, 0.4) is 0 Å². The Hall–Kier alpha value is -6.10. The van der Waals surface area contributed by atoms with E-state index in [1.807, 2.05) is 24.3 Å². The van der Waals surface area contributed by atoms with Crippen LogP contribution in [0.25, 0.3) is 55.6 Å². The van der Waals surface area contributed by atoms with Gasteiger partial charge < -0.3 is 8.83 Å². The molecule has 0 spiro atoms. The lowest BCUT2D eigenvalue weighted by atomic mass is 10.1. The number of nitriles is 4. The van der Waals surface area contributed by atoms with Gasteiger partial charge in [-0.3, -0.25) is 9.97 Å². The van der Waals surface area contributed by atoms with Crippen molar-refractivity contribution in [1.82, 2.24) is 19.9 Å². The molecule has 2 aliphatic rings. The molecule has 0 radical (unpaired) electrons. The largest absolute Gasteiger partial charge is 0.455 e. The number of nitrogens with zero attached hydrogens (tertiary/aromatic N) is 8. The normalized spacial score (nSPS) is 12.2. The molecule has 0 aliphatic heterocycles. The number of fused-ring (bicyclic) bond motifs is 10. The predicted octanol–water partition coefficient (Wildman–Crippen LogP) is 4.42. The summed E-state index contributed by atoms with van der Waals surface area (Å²) >= 11 is 0. The van der Waals surface area contributed by atoms with Crippen LogP contribution >= 0.6 is 0 Å². The third kappa shape index (κ3) is 2.20. The molecule has 0 atom stereocenters. The third-order valence-corrected chi connectivity index (χ3v) is 6.22. The quantitative estimate of drug-likeness (QED) is 0.293. The van der Waals surface area contributed by atoms with Gasteiger partial charge in [-0.2, -0.15) is 21.0 Å². The molecular weight excluding hydrogens is 456 g/mol. The van der Waals surface area contributed by atoms with E-state index in [-0.39, 0.29) is 33.7 Å². The molecule has 7 rings (SSSR count). The monoisotopic (exact) mass is 462 g/mol. The number of pyridine rings is 2. The van der Waals surface area contributed by atoms with E-state index in [9.17, 15) is 21.0 Å². The summed E-state index contributed by atoms with van der Waals surface area (Å²) in [5, 5.41) is 40.1. The molecular formula is C26H6N8O2. The zero-order valence-electron chi connectivity index (χ0n) is 17.9. The van der Waals surface area contributed by atoms with Crippen molar-refractivity contribution in [3.8, 4) is 46.8 Å². The summed E-state index contributed by atoms with van der Waals surface area (Å²) in [6.07, 6.45) is 6.35. The molecule has 10 nitrogen and oxygen atoms in total. The molecule has 0 N–H and O–H groups in total. The molecule has 162 valence electrons. The van der Waals surface area contributed by atoms with Crippen LogP contribution in [0.15, 0.2) is 56.9 Å². The minimum Gasteiger partial charge on any atom is -0.455 e. The van der Waals surface area contributed by atoms with Crippen LogP contribution in [0.4, 0.5) is 0 Å². The van der Waals surface area contributed by atoms with E-state index >= 15 is 0 Å². The highest BCUT2D eigenvalue weighted by Crippen LogP contribution is 2.54. The van der Waals surface area contributed by atoms with E-state index in [1.54, 1.807) is 36.9 Å². The Kier molecular flexibility index (Phi) is 3.61. The molecule has 2 aliphatic carbocycles. The van der Waals surface area contributed by atoms with Crippen LogP contribution in [-0.4, -0.2) is 19.9 Å². The van der Waals surface area contributed by atoms with E-state index in [2.05, 4.69) is 9.97 Å². The molecule has 0 fully saturated rings. The highest BCUT2D eigenvalue weighted by atomic mass is 16.3. The Morgan fingerprint density at radius 2 is 1.03 bits per heavy atom. The van der Waals surface area contributed by atoms with Crippen LogP contribution in [0.2, 0.25) is 0 Å². The van der Waals surface area contributed by atoms with Gasteiger partial charge in [0.25, 0.3) is 0 Å². The number of allylic oxidation sites excluding steroid dienone is 2. The zero-order valence-corrected chi connectivity index (χ0v) is 17.9. The van der Waals surface area contributed by atoms with Crippen LogP contribution in [0.5, 0.6) is 0 Å². The third-order valence-electron chi connectivity index (χ3n) is 6.22. The Bertz CT molecular complexity index is 1910. The molecule has 0 unspecified atom stereocenters. The molecule has 5 aromatic heterocycles. The number of hydrogen-bond acceptors (Lipinski definition) is 10. The standard InChI is InChI=1S/C26H6N8O2/c27-5-11(6-28)17-21-23(19-13-9-31-3-1-15(13)35-25(17)19)33-22-18(12(7-29)8-30)26-20(24(22)34-21)14-10-32-4-2-16(14)36-26/h1-4,9-10H. The van der Waals surface area contributed by atoms with E-state index in [1.165, 1.54) is 0 Å². The van der Waals surface area contributed by atoms with Gasteiger partial charge in [-0.25, -0.2) is 9.97 Å². The molecule has 10 heteroatoms. The van der Waals surface area contributed by atoms with E-state index < -0.39 is 0 Å². The second-order valence-electron chi connectivity index (χ2n) is 7.92. The zero-order chi connectivity index (χ0) is 24.6. The number of furan rings is 2. The fraction of sp³-hybridized carbons (Fsp3) is 0. The summed E-state index contributed by atoms with van der Waals surface area (Å²) in [6, 6.07) is 11.1. The lowest BCUT2D eigenvalue weighted by molar-refractivity contribution is 0.602. The van der Waals surface area contributed by atoms with Gasteiger partial charge in [0.1, 0.15) is 80.9 Å². The maximum absolute atomic E-state index is 9.72. The van der Waals surface area contributed by atoms with Crippen LogP contribution < -0.4 is 0 Å². The molecule has 36 heavy (non-hydrogen) atoms. The summed E-state index contributed by atoms with van der Waals surface area (Å²) in [4.78, 5) is 18.0. The minimum atomic E-state index is -0.182. The van der Waals surface area contributed by atoms with Gasteiger partial charge in [0, 0.05) is 35.6 Å². The summed E-state index contributed by atoms with van der Waals surface area (Å²) < 4.78 is 12.1. The first-order valence-electron chi connectivity index (χ1n) is 10.5. The summed E-state index contributed by atoms with van der Waals surface area (Å²) in [7, 11) is 0. The topological polar surface area (TPSA) is 173 Å². The molecule has 0 amide bonds. The maximum Gasteiger partial charge on any atom is 0.149 e. The van der Waals surface area contributed by atoms with Crippen molar-refractivity contribution in [1.29, 1.82) is 21.0 Å². The SMILES string of the molecule is N#CC(C#N)=C1c2nc3c(nc2-c2c1oc1ccncc21)C(=C(C#N)C#N)c1oc2ccncc2c1-3. The van der Waals surface area contributed by atoms with E-state index in [4.69, 9.17) is 18.8 Å². The van der Waals surface area contributed by atoms with E-state index in [0.717, 1.165) is 0 Å². The summed E-state index contributed by atoms with van der Waals surface area (Å²) in [5.41, 5.74) is 3.44. The van der Waals surface area contributed by atoms with Crippen molar-refractivity contribution in [3.63, 3.8) is 0 Å². The molecule has 0 aromatic carbocycles. The number of aromatic nitrogens is 4. The Labute approximate surface area is 200 Å². The highest BCUT2D eigenvalue weighted by Gasteiger charge is 2.41. The van der Waals surface area contributed by atoms with Gasteiger partial charge in [-0.1, -0.05) is 0 Å². The van der Waals surface area contributed by atoms with Crippen LogP contribution in [-0.2, 0) is 0 Å². The van der Waals surface area contributed by atoms with Gasteiger partial charge in [-0.15, -0.1) is 0 Å². The minimum absolute atomic E-state index is 0.182. The smallest absolute Gasteiger partial charge is 0.149 e. The van der Waals surface area contributed by atoms with Gasteiger partial charge in [0.2, 0.25) is 0 Å². The van der Waals surface area contributed by atoms with Gasteiger partial charge in [0.05, 0.1) is 22.3 Å². The van der Waals surface area contributed by atoms with Crippen LogP contribution in [0, 0.1) is 45.3 Å². The maximum atomic E-state index is 9.72. The first kappa shape index (κ1) is 19.4. The first-order chi connectivity index (χ1) is 17.7. The molecule has 0 bridgehead atoms. The van der Waals surface area contributed by atoms with Gasteiger partial charge in [-0.05, 0) is 12.1 Å². The van der Waals surface area contributed by atoms with Crippen molar-refractivity contribution < 1.29 is 8.83 Å². The predicted molar refractivity (Wildman–Crippen MR) is 123 cm³/mol. The number of rotatable bonds is 0. The summed E-state index contributed by atoms with van der Waals surface area (Å²) in [5.74, 6) is 0.583. The fourth-order valence-corrected chi connectivity index (χ4v) is 4.79. The Morgan fingerprint density at radius 1 is 0.611 bits per heavy atom. The van der Waals surface area contributed by atoms with Crippen molar-refractivity contribution in [3.05, 3.63) is 71.0 Å². The van der Waals surface area contributed by atoms with E-state index in [0.29, 0.717) is 56.0 Å². The second-order valence-corrected chi connectivity index (χ2v) is 7.92. The fourth-order valence-electron chi connectivity index (χ4n) is 4.79. The lowest BCUT2D eigenvalue weighted by Gasteiger charge is -2.07. The highest BCUT2D eigenvalue weighted by molar-refractivity contribution is 6.13. The average molecular weight is 462 g/mol. The van der Waals surface area contributed by atoms with Gasteiger partial charge >= 0.3 is 0 Å². The second kappa shape index (κ2) is 6.71. The Morgan fingerprint density at radius 3 is 1.42 bits per heavy atom. The van der Waals surface area contributed by atoms with Crippen molar-refractivity contribution in [2.75, 3.05) is 0 Å². The first-order valence-corrected chi connectivity index (χ1v) is 10.5. The van der Waals surface area contributed by atoms with Crippen LogP contribution in [0.1, 0.15) is 22.9 Å². The van der Waals surface area contributed by atoms with Gasteiger partial charge in [0.15, 0.2) is 0 Å². The average Bonchev–Trinajstić information content (AvgIpc) is 3.62. The van der Waals surface area contributed by atoms with Crippen molar-refractivity contribution >= 4 is 33.1 Å². The summed E-state index contributed by atoms with van der Waals surface area (Å²) in [6.45, 7) is 0. The lowest BCUT2D eigenvalue weighted by Crippen LogP contribution is -1.99. The molecule has 0 saturated carbocycles.